The number of hydrogen-bond acceptors (Lipinski definition) is 3. The fourth-order valence-electron chi connectivity index (χ4n) is 2.24. The first kappa shape index (κ1) is 13.5. The van der Waals surface area contributed by atoms with Gasteiger partial charge in [-0.05, 0) is 38.5 Å². The molecule has 0 fully saturated rings. The van der Waals surface area contributed by atoms with E-state index in [0.29, 0.717) is 30.2 Å². The third-order valence-corrected chi connectivity index (χ3v) is 3.18. The quantitative estimate of drug-likeness (QED) is 0.671. The number of nitrogens with zero attached hydrogens (tertiary/aromatic N) is 1. The molecule has 0 atom stereocenters. The van der Waals surface area contributed by atoms with Gasteiger partial charge in [-0.1, -0.05) is 11.6 Å². The van der Waals surface area contributed by atoms with Crippen molar-refractivity contribution in [3.63, 3.8) is 0 Å². The highest BCUT2D eigenvalue weighted by molar-refractivity contribution is 5.95. The van der Waals surface area contributed by atoms with Crippen molar-refractivity contribution in [1.82, 2.24) is 4.90 Å². The molecule has 1 aliphatic heterocycles. The molecule has 0 saturated heterocycles. The lowest BCUT2D eigenvalue weighted by Crippen LogP contribution is -2.35. The zero-order valence-electron chi connectivity index (χ0n) is 11.5. The normalized spacial score (nSPS) is 15.1. The highest BCUT2D eigenvalue weighted by atomic mass is 16.5. The monoisotopic (exact) mass is 260 g/mol. The Bertz CT molecular complexity index is 509. The van der Waals surface area contributed by atoms with Crippen LogP contribution in [0.25, 0.3) is 0 Å². The molecular weight excluding hydrogens is 240 g/mol. The molecule has 1 aromatic rings. The average Bonchev–Trinajstić information content (AvgIpc) is 2.40. The predicted octanol–water partition coefficient (Wildman–Crippen LogP) is 2.46. The first-order valence-electron chi connectivity index (χ1n) is 6.59. The van der Waals surface area contributed by atoms with E-state index in [1.165, 1.54) is 5.57 Å². The second-order valence-electron chi connectivity index (χ2n) is 4.75. The molecule has 19 heavy (non-hydrogen) atoms. The fraction of sp³-hybridized carbons (Fsp3) is 0.400. The number of carbonyl (C=O) groups is 1. The Balaban J connectivity index is 2.15. The highest BCUT2D eigenvalue weighted by Crippen LogP contribution is 2.24. The van der Waals surface area contributed by atoms with E-state index in [4.69, 9.17) is 10.5 Å². The molecule has 0 radical (unpaired) electrons. The van der Waals surface area contributed by atoms with Crippen molar-refractivity contribution in [3.05, 3.63) is 35.4 Å². The largest absolute Gasteiger partial charge is 0.492 e. The number of carbonyl (C=O) groups excluding carboxylic acids is 1. The SMILES string of the molecule is CCOc1ccc(C(=O)N2CCC=C(C)C2)cc1N. The maximum atomic E-state index is 12.4. The maximum Gasteiger partial charge on any atom is 0.254 e. The molecule has 0 saturated carbocycles. The van der Waals surface area contributed by atoms with Gasteiger partial charge < -0.3 is 15.4 Å². The van der Waals surface area contributed by atoms with Gasteiger partial charge in [0.15, 0.2) is 0 Å². The minimum absolute atomic E-state index is 0.0298. The van der Waals surface area contributed by atoms with Gasteiger partial charge >= 0.3 is 0 Å². The van der Waals surface area contributed by atoms with Crippen LogP contribution in [0.1, 0.15) is 30.6 Å². The molecule has 102 valence electrons. The lowest BCUT2D eigenvalue weighted by molar-refractivity contribution is 0.0766. The van der Waals surface area contributed by atoms with Gasteiger partial charge in [-0.3, -0.25) is 4.79 Å². The molecule has 4 heteroatoms. The van der Waals surface area contributed by atoms with E-state index in [-0.39, 0.29) is 5.91 Å². The van der Waals surface area contributed by atoms with E-state index in [2.05, 4.69) is 6.08 Å². The number of rotatable bonds is 3. The Morgan fingerprint density at radius 2 is 2.26 bits per heavy atom. The van der Waals surface area contributed by atoms with Crippen LogP contribution in [0.3, 0.4) is 0 Å². The number of nitrogen functional groups attached to an aromatic ring is 1. The number of hydrogen-bond donors (Lipinski definition) is 1. The summed E-state index contributed by atoms with van der Waals surface area (Å²) in [7, 11) is 0. The Morgan fingerprint density at radius 3 is 2.89 bits per heavy atom. The molecule has 1 heterocycles. The van der Waals surface area contributed by atoms with Crippen LogP contribution >= 0.6 is 0 Å². The first-order chi connectivity index (χ1) is 9.11. The fourth-order valence-corrected chi connectivity index (χ4v) is 2.24. The van der Waals surface area contributed by atoms with Crippen LogP contribution < -0.4 is 10.5 Å². The summed E-state index contributed by atoms with van der Waals surface area (Å²) in [6, 6.07) is 5.23. The number of ether oxygens (including phenoxy) is 1. The molecule has 1 amide bonds. The number of benzene rings is 1. The van der Waals surface area contributed by atoms with Crippen molar-refractivity contribution in [3.8, 4) is 5.75 Å². The number of nitrogens with two attached hydrogens (primary N) is 1. The Kier molecular flexibility index (Phi) is 4.10. The van der Waals surface area contributed by atoms with Gasteiger partial charge in [0, 0.05) is 18.7 Å². The number of anilines is 1. The molecule has 0 aliphatic carbocycles. The molecule has 2 rings (SSSR count). The standard InChI is InChI=1S/C15H20N2O2/c1-3-19-14-7-6-12(9-13(14)16)15(18)17-8-4-5-11(2)10-17/h5-7,9H,3-4,8,10,16H2,1-2H3. The molecule has 2 N–H and O–H groups in total. The Labute approximate surface area is 113 Å². The summed E-state index contributed by atoms with van der Waals surface area (Å²) in [5.74, 6) is 0.663. The zero-order valence-corrected chi connectivity index (χ0v) is 11.5. The minimum Gasteiger partial charge on any atom is -0.492 e. The molecule has 0 bridgehead atoms. The molecular formula is C15H20N2O2. The van der Waals surface area contributed by atoms with Crippen LogP contribution in [0, 0.1) is 0 Å². The summed E-state index contributed by atoms with van der Waals surface area (Å²) in [5.41, 5.74) is 8.26. The van der Waals surface area contributed by atoms with Gasteiger partial charge in [0.1, 0.15) is 5.75 Å². The maximum absolute atomic E-state index is 12.4. The van der Waals surface area contributed by atoms with Gasteiger partial charge in [0.2, 0.25) is 0 Å². The van der Waals surface area contributed by atoms with Crippen LogP contribution in [-0.2, 0) is 0 Å². The van der Waals surface area contributed by atoms with Gasteiger partial charge in [0.05, 0.1) is 12.3 Å². The van der Waals surface area contributed by atoms with E-state index in [0.717, 1.165) is 13.0 Å². The Morgan fingerprint density at radius 1 is 1.47 bits per heavy atom. The van der Waals surface area contributed by atoms with Crippen LogP contribution in [0.2, 0.25) is 0 Å². The van der Waals surface area contributed by atoms with Crippen molar-refractivity contribution in [2.24, 2.45) is 0 Å². The summed E-state index contributed by atoms with van der Waals surface area (Å²) >= 11 is 0. The van der Waals surface area contributed by atoms with Crippen molar-refractivity contribution in [2.75, 3.05) is 25.4 Å². The molecule has 0 spiro atoms. The summed E-state index contributed by atoms with van der Waals surface area (Å²) in [6.07, 6.45) is 3.10. The third-order valence-electron chi connectivity index (χ3n) is 3.18. The van der Waals surface area contributed by atoms with E-state index >= 15 is 0 Å². The van der Waals surface area contributed by atoms with Gasteiger partial charge in [-0.15, -0.1) is 0 Å². The van der Waals surface area contributed by atoms with E-state index in [9.17, 15) is 4.79 Å². The highest BCUT2D eigenvalue weighted by Gasteiger charge is 2.18. The molecule has 1 aromatic carbocycles. The lowest BCUT2D eigenvalue weighted by atomic mass is 10.1. The lowest BCUT2D eigenvalue weighted by Gasteiger charge is -2.26. The average molecular weight is 260 g/mol. The molecule has 4 nitrogen and oxygen atoms in total. The van der Waals surface area contributed by atoms with Gasteiger partial charge in [-0.2, -0.15) is 0 Å². The molecule has 0 unspecified atom stereocenters. The molecule has 1 aliphatic rings. The summed E-state index contributed by atoms with van der Waals surface area (Å²) in [6.45, 7) is 5.98. The van der Waals surface area contributed by atoms with Crippen molar-refractivity contribution >= 4 is 11.6 Å². The zero-order chi connectivity index (χ0) is 13.8. The topological polar surface area (TPSA) is 55.6 Å². The minimum atomic E-state index is 0.0298. The summed E-state index contributed by atoms with van der Waals surface area (Å²) in [4.78, 5) is 14.2. The third kappa shape index (κ3) is 3.08. The van der Waals surface area contributed by atoms with Crippen LogP contribution in [0.15, 0.2) is 29.8 Å². The van der Waals surface area contributed by atoms with Crippen LogP contribution in [0.4, 0.5) is 5.69 Å². The predicted molar refractivity (Wildman–Crippen MR) is 76.3 cm³/mol. The summed E-state index contributed by atoms with van der Waals surface area (Å²) < 4.78 is 5.37. The van der Waals surface area contributed by atoms with Crippen molar-refractivity contribution in [1.29, 1.82) is 0 Å². The van der Waals surface area contributed by atoms with Gasteiger partial charge in [0.25, 0.3) is 5.91 Å². The van der Waals surface area contributed by atoms with Crippen molar-refractivity contribution in [2.45, 2.75) is 20.3 Å². The van der Waals surface area contributed by atoms with E-state index in [1.807, 2.05) is 18.7 Å². The van der Waals surface area contributed by atoms with Crippen LogP contribution in [-0.4, -0.2) is 30.5 Å². The number of amides is 1. The van der Waals surface area contributed by atoms with Crippen molar-refractivity contribution < 1.29 is 9.53 Å². The second kappa shape index (κ2) is 5.78. The van der Waals surface area contributed by atoms with E-state index in [1.54, 1.807) is 18.2 Å². The molecule has 0 aromatic heterocycles. The smallest absolute Gasteiger partial charge is 0.254 e. The Hall–Kier alpha value is -1.97. The summed E-state index contributed by atoms with van der Waals surface area (Å²) in [5, 5.41) is 0. The van der Waals surface area contributed by atoms with Crippen LogP contribution in [0.5, 0.6) is 5.75 Å². The first-order valence-corrected chi connectivity index (χ1v) is 6.59. The van der Waals surface area contributed by atoms with Gasteiger partial charge in [-0.25, -0.2) is 0 Å². The second-order valence-corrected chi connectivity index (χ2v) is 4.75. The van der Waals surface area contributed by atoms with E-state index < -0.39 is 0 Å².